The third-order valence-electron chi connectivity index (χ3n) is 2.20. The van der Waals surface area contributed by atoms with Gasteiger partial charge in [0.2, 0.25) is 0 Å². The van der Waals surface area contributed by atoms with Crippen molar-refractivity contribution in [2.24, 2.45) is 10.7 Å². The van der Waals surface area contributed by atoms with Crippen molar-refractivity contribution in [3.63, 3.8) is 0 Å². The lowest BCUT2D eigenvalue weighted by atomic mass is 10.1. The molecule has 88 valence electrons. The van der Waals surface area contributed by atoms with E-state index in [1.165, 1.54) is 0 Å². The zero-order chi connectivity index (χ0) is 12.3. The molecule has 1 aromatic heterocycles. The van der Waals surface area contributed by atoms with Crippen molar-refractivity contribution in [1.29, 1.82) is 0 Å². The number of para-hydroxylation sites is 1. The molecular formula is C12H12ClN3S. The third kappa shape index (κ3) is 2.84. The standard InChI is InChI=1S/C12H12ClN3S/c1-8-15-11(7-17-8)9-4-2-3-5-10(9)16-12(14)6-13/h2-5,7H,6H2,1H3,(H2,14,16). The molecule has 0 saturated heterocycles. The minimum atomic E-state index is 0.227. The number of amidine groups is 1. The van der Waals surface area contributed by atoms with Gasteiger partial charge in [-0.1, -0.05) is 18.2 Å². The summed E-state index contributed by atoms with van der Waals surface area (Å²) < 4.78 is 0. The van der Waals surface area contributed by atoms with E-state index in [0.29, 0.717) is 5.84 Å². The van der Waals surface area contributed by atoms with Gasteiger partial charge in [0, 0.05) is 10.9 Å². The lowest BCUT2D eigenvalue weighted by Gasteiger charge is -2.03. The van der Waals surface area contributed by atoms with E-state index >= 15 is 0 Å². The van der Waals surface area contributed by atoms with Crippen LogP contribution < -0.4 is 5.73 Å². The van der Waals surface area contributed by atoms with Gasteiger partial charge < -0.3 is 5.73 Å². The molecule has 3 nitrogen and oxygen atoms in total. The maximum Gasteiger partial charge on any atom is 0.115 e. The lowest BCUT2D eigenvalue weighted by molar-refractivity contribution is 1.29. The van der Waals surface area contributed by atoms with Crippen molar-refractivity contribution in [2.45, 2.75) is 6.92 Å². The number of thiazole rings is 1. The molecule has 2 N–H and O–H groups in total. The quantitative estimate of drug-likeness (QED) is 0.526. The molecule has 0 saturated carbocycles. The Morgan fingerprint density at radius 3 is 2.88 bits per heavy atom. The molecule has 0 radical (unpaired) electrons. The van der Waals surface area contributed by atoms with Crippen LogP contribution in [0.5, 0.6) is 0 Å². The molecule has 0 aliphatic carbocycles. The fourth-order valence-corrected chi connectivity index (χ4v) is 2.13. The van der Waals surface area contributed by atoms with Gasteiger partial charge in [0.25, 0.3) is 0 Å². The van der Waals surface area contributed by atoms with Gasteiger partial charge in [0.1, 0.15) is 5.84 Å². The number of nitrogens with two attached hydrogens (primary N) is 1. The number of hydrogen-bond donors (Lipinski definition) is 1. The van der Waals surface area contributed by atoms with Gasteiger partial charge in [-0.3, -0.25) is 0 Å². The molecule has 0 bridgehead atoms. The number of halogens is 1. The van der Waals surface area contributed by atoms with E-state index in [-0.39, 0.29) is 5.88 Å². The fraction of sp³-hybridized carbons (Fsp3) is 0.167. The van der Waals surface area contributed by atoms with Crippen LogP contribution in [0.4, 0.5) is 5.69 Å². The maximum atomic E-state index is 5.66. The van der Waals surface area contributed by atoms with E-state index in [0.717, 1.165) is 22.0 Å². The highest BCUT2D eigenvalue weighted by Crippen LogP contribution is 2.30. The minimum Gasteiger partial charge on any atom is -0.386 e. The van der Waals surface area contributed by atoms with Crippen molar-refractivity contribution < 1.29 is 0 Å². The summed E-state index contributed by atoms with van der Waals surface area (Å²) in [5.74, 6) is 0.635. The van der Waals surface area contributed by atoms with Crippen LogP contribution in [0.3, 0.4) is 0 Å². The smallest absolute Gasteiger partial charge is 0.115 e. The highest BCUT2D eigenvalue weighted by molar-refractivity contribution is 7.09. The normalized spacial score (nSPS) is 11.8. The Hall–Kier alpha value is -1.39. The summed E-state index contributed by atoms with van der Waals surface area (Å²) in [5.41, 5.74) is 8.36. The molecule has 17 heavy (non-hydrogen) atoms. The molecule has 1 heterocycles. The van der Waals surface area contributed by atoms with Crippen LogP contribution in [-0.2, 0) is 0 Å². The van der Waals surface area contributed by atoms with E-state index in [4.69, 9.17) is 17.3 Å². The number of aryl methyl sites for hydroxylation is 1. The van der Waals surface area contributed by atoms with Crippen LogP contribution >= 0.6 is 22.9 Å². The summed E-state index contributed by atoms with van der Waals surface area (Å²) in [7, 11) is 0. The van der Waals surface area contributed by atoms with E-state index in [9.17, 15) is 0 Å². The highest BCUT2D eigenvalue weighted by Gasteiger charge is 2.07. The summed E-state index contributed by atoms with van der Waals surface area (Å²) in [6.07, 6.45) is 0. The van der Waals surface area contributed by atoms with Gasteiger partial charge in [0.15, 0.2) is 0 Å². The monoisotopic (exact) mass is 265 g/mol. The van der Waals surface area contributed by atoms with Crippen LogP contribution in [0.25, 0.3) is 11.3 Å². The molecule has 1 aromatic carbocycles. The van der Waals surface area contributed by atoms with Gasteiger partial charge in [-0.15, -0.1) is 22.9 Å². The molecule has 0 unspecified atom stereocenters. The minimum absolute atomic E-state index is 0.227. The zero-order valence-electron chi connectivity index (χ0n) is 9.35. The molecule has 0 spiro atoms. The van der Waals surface area contributed by atoms with Crippen molar-refractivity contribution in [3.05, 3.63) is 34.7 Å². The maximum absolute atomic E-state index is 5.66. The van der Waals surface area contributed by atoms with E-state index in [1.807, 2.05) is 36.6 Å². The second-order valence-electron chi connectivity index (χ2n) is 3.51. The number of rotatable bonds is 3. The van der Waals surface area contributed by atoms with Gasteiger partial charge in [-0.25, -0.2) is 9.98 Å². The largest absolute Gasteiger partial charge is 0.386 e. The van der Waals surface area contributed by atoms with Gasteiger partial charge in [0.05, 0.1) is 22.3 Å². The average molecular weight is 266 g/mol. The third-order valence-corrected chi connectivity index (χ3v) is 3.25. The molecule has 5 heteroatoms. The number of hydrogen-bond acceptors (Lipinski definition) is 3. The van der Waals surface area contributed by atoms with Crippen molar-refractivity contribution >= 4 is 34.5 Å². The Morgan fingerprint density at radius 1 is 1.47 bits per heavy atom. The molecular weight excluding hydrogens is 254 g/mol. The van der Waals surface area contributed by atoms with Crippen LogP contribution in [0.15, 0.2) is 34.6 Å². The molecule has 0 atom stereocenters. The number of aromatic nitrogens is 1. The summed E-state index contributed by atoms with van der Waals surface area (Å²) in [5, 5.41) is 3.05. The van der Waals surface area contributed by atoms with Crippen LogP contribution in [0.2, 0.25) is 0 Å². The first-order valence-electron chi connectivity index (χ1n) is 5.11. The Balaban J connectivity index is 2.48. The Bertz CT molecular complexity index is 548. The number of nitrogens with zero attached hydrogens (tertiary/aromatic N) is 2. The number of aliphatic imine (C=N–C) groups is 1. The molecule has 0 fully saturated rings. The molecule has 2 aromatic rings. The second-order valence-corrected chi connectivity index (χ2v) is 4.84. The number of benzene rings is 1. The Kier molecular flexibility index (Phi) is 3.76. The number of alkyl halides is 1. The van der Waals surface area contributed by atoms with E-state index < -0.39 is 0 Å². The fourth-order valence-electron chi connectivity index (χ4n) is 1.46. The van der Waals surface area contributed by atoms with E-state index in [1.54, 1.807) is 11.3 Å². The summed E-state index contributed by atoms with van der Waals surface area (Å²) in [6, 6.07) is 7.77. The van der Waals surface area contributed by atoms with Gasteiger partial charge in [-0.2, -0.15) is 0 Å². The Labute approximate surface area is 109 Å². The van der Waals surface area contributed by atoms with Crippen molar-refractivity contribution in [1.82, 2.24) is 4.98 Å². The summed E-state index contributed by atoms with van der Waals surface area (Å²) >= 11 is 7.25. The van der Waals surface area contributed by atoms with Crippen molar-refractivity contribution in [3.8, 4) is 11.3 Å². The zero-order valence-corrected chi connectivity index (χ0v) is 10.9. The SMILES string of the molecule is Cc1nc(-c2ccccc2N=C(N)CCl)cs1. The average Bonchev–Trinajstić information content (AvgIpc) is 2.76. The first-order chi connectivity index (χ1) is 8.20. The topological polar surface area (TPSA) is 51.3 Å². The van der Waals surface area contributed by atoms with Gasteiger partial charge in [-0.05, 0) is 13.0 Å². The van der Waals surface area contributed by atoms with Crippen LogP contribution in [0, 0.1) is 6.92 Å². The first-order valence-corrected chi connectivity index (χ1v) is 6.52. The highest BCUT2D eigenvalue weighted by atomic mass is 35.5. The van der Waals surface area contributed by atoms with Crippen LogP contribution in [-0.4, -0.2) is 16.7 Å². The molecule has 2 rings (SSSR count). The van der Waals surface area contributed by atoms with Crippen molar-refractivity contribution in [2.75, 3.05) is 5.88 Å². The Morgan fingerprint density at radius 2 is 2.24 bits per heavy atom. The predicted octanol–water partition coefficient (Wildman–Crippen LogP) is 3.35. The summed E-state index contributed by atoms with van der Waals surface area (Å²) in [6.45, 7) is 1.98. The lowest BCUT2D eigenvalue weighted by Crippen LogP contribution is -2.12. The molecule has 0 amide bonds. The first kappa shape index (κ1) is 12.1. The second kappa shape index (κ2) is 5.29. The van der Waals surface area contributed by atoms with Crippen LogP contribution in [0.1, 0.15) is 5.01 Å². The molecule has 0 aliphatic rings. The summed E-state index contributed by atoms with van der Waals surface area (Å²) in [4.78, 5) is 8.74. The molecule has 0 aliphatic heterocycles. The van der Waals surface area contributed by atoms with Gasteiger partial charge >= 0.3 is 0 Å². The predicted molar refractivity (Wildman–Crippen MR) is 74.3 cm³/mol. The van der Waals surface area contributed by atoms with E-state index in [2.05, 4.69) is 9.98 Å².